The second-order valence-corrected chi connectivity index (χ2v) is 6.54. The molecule has 0 aliphatic carbocycles. The Balaban J connectivity index is 1.49. The lowest BCUT2D eigenvalue weighted by molar-refractivity contribution is -0.134. The van der Waals surface area contributed by atoms with Crippen LogP contribution in [-0.2, 0) is 9.53 Å². The number of amides is 1. The standard InChI is InChI=1S/C18H20N4O3S/c1-26-15-6-3-2-5-14(15)17(24)25-13-16(23)21-9-11-22(12-10-21)18-19-7-4-8-20-18/h2-8H,9-13H2,1H3. The summed E-state index contributed by atoms with van der Waals surface area (Å²) in [5.74, 6) is 0.00735. The van der Waals surface area contributed by atoms with Crippen LogP contribution in [0.4, 0.5) is 5.95 Å². The molecule has 2 heterocycles. The Morgan fingerprint density at radius 3 is 2.46 bits per heavy atom. The molecule has 1 aromatic carbocycles. The van der Waals surface area contributed by atoms with E-state index in [0.717, 1.165) is 4.90 Å². The molecule has 0 radical (unpaired) electrons. The number of anilines is 1. The molecule has 1 fully saturated rings. The van der Waals surface area contributed by atoms with Crippen molar-refractivity contribution in [3.8, 4) is 0 Å². The number of ether oxygens (including phenoxy) is 1. The number of aromatic nitrogens is 2. The molecule has 26 heavy (non-hydrogen) atoms. The lowest BCUT2D eigenvalue weighted by Crippen LogP contribution is -2.50. The minimum Gasteiger partial charge on any atom is -0.452 e. The third-order valence-corrected chi connectivity index (χ3v) is 4.92. The zero-order valence-electron chi connectivity index (χ0n) is 14.5. The Morgan fingerprint density at radius 1 is 1.08 bits per heavy atom. The summed E-state index contributed by atoms with van der Waals surface area (Å²) >= 11 is 1.47. The second-order valence-electron chi connectivity index (χ2n) is 5.69. The largest absolute Gasteiger partial charge is 0.452 e. The topological polar surface area (TPSA) is 75.6 Å². The maximum absolute atomic E-state index is 12.3. The number of benzene rings is 1. The van der Waals surface area contributed by atoms with E-state index >= 15 is 0 Å². The van der Waals surface area contributed by atoms with Crippen LogP contribution in [0.25, 0.3) is 0 Å². The van der Waals surface area contributed by atoms with Gasteiger partial charge in [-0.15, -0.1) is 11.8 Å². The molecule has 7 nitrogen and oxygen atoms in total. The monoisotopic (exact) mass is 372 g/mol. The van der Waals surface area contributed by atoms with Crippen LogP contribution in [-0.4, -0.2) is 65.8 Å². The van der Waals surface area contributed by atoms with Gasteiger partial charge < -0.3 is 14.5 Å². The molecule has 3 rings (SSSR count). The number of carbonyl (C=O) groups is 2. The predicted molar refractivity (Wildman–Crippen MR) is 99.3 cm³/mol. The third-order valence-electron chi connectivity index (χ3n) is 4.12. The molecule has 0 atom stereocenters. The number of rotatable bonds is 5. The van der Waals surface area contributed by atoms with Gasteiger partial charge in [0.1, 0.15) is 0 Å². The first kappa shape index (κ1) is 18.2. The van der Waals surface area contributed by atoms with E-state index in [1.165, 1.54) is 11.8 Å². The van der Waals surface area contributed by atoms with Gasteiger partial charge >= 0.3 is 5.97 Å². The van der Waals surface area contributed by atoms with Crippen LogP contribution in [0.1, 0.15) is 10.4 Å². The van der Waals surface area contributed by atoms with Crippen molar-refractivity contribution in [1.82, 2.24) is 14.9 Å². The van der Waals surface area contributed by atoms with Crippen LogP contribution in [0, 0.1) is 0 Å². The van der Waals surface area contributed by atoms with Gasteiger partial charge in [-0.25, -0.2) is 14.8 Å². The van der Waals surface area contributed by atoms with E-state index in [0.29, 0.717) is 37.7 Å². The van der Waals surface area contributed by atoms with E-state index < -0.39 is 5.97 Å². The summed E-state index contributed by atoms with van der Waals surface area (Å²) in [4.78, 5) is 37.6. The Kier molecular flexibility index (Phi) is 6.06. The number of carbonyl (C=O) groups excluding carboxylic acids is 2. The van der Waals surface area contributed by atoms with E-state index in [1.54, 1.807) is 35.5 Å². The highest BCUT2D eigenvalue weighted by atomic mass is 32.2. The molecule has 0 saturated carbocycles. The van der Waals surface area contributed by atoms with Gasteiger partial charge in [-0.2, -0.15) is 0 Å². The molecule has 0 bridgehead atoms. The molecule has 1 aromatic heterocycles. The average Bonchev–Trinajstić information content (AvgIpc) is 2.72. The van der Waals surface area contributed by atoms with Gasteiger partial charge in [0.25, 0.3) is 5.91 Å². The molecule has 2 aromatic rings. The van der Waals surface area contributed by atoms with Crippen molar-refractivity contribution in [1.29, 1.82) is 0 Å². The molecule has 0 spiro atoms. The van der Waals surface area contributed by atoms with Crippen molar-refractivity contribution in [2.24, 2.45) is 0 Å². The molecule has 0 N–H and O–H groups in total. The fourth-order valence-electron chi connectivity index (χ4n) is 2.72. The highest BCUT2D eigenvalue weighted by molar-refractivity contribution is 7.98. The Labute approximate surface area is 156 Å². The summed E-state index contributed by atoms with van der Waals surface area (Å²) in [6.45, 7) is 2.16. The second kappa shape index (κ2) is 8.66. The van der Waals surface area contributed by atoms with E-state index in [9.17, 15) is 9.59 Å². The third kappa shape index (κ3) is 4.32. The normalized spacial score (nSPS) is 14.2. The van der Waals surface area contributed by atoms with Crippen molar-refractivity contribution in [3.05, 3.63) is 48.3 Å². The van der Waals surface area contributed by atoms with Crippen LogP contribution in [0.5, 0.6) is 0 Å². The molecule has 0 unspecified atom stereocenters. The van der Waals surface area contributed by atoms with Crippen molar-refractivity contribution >= 4 is 29.6 Å². The minimum absolute atomic E-state index is 0.186. The summed E-state index contributed by atoms with van der Waals surface area (Å²) in [5.41, 5.74) is 0.485. The number of esters is 1. The van der Waals surface area contributed by atoms with Crippen LogP contribution in [0.2, 0.25) is 0 Å². The number of nitrogens with zero attached hydrogens (tertiary/aromatic N) is 4. The molecule has 1 amide bonds. The van der Waals surface area contributed by atoms with Crippen molar-refractivity contribution in [2.75, 3.05) is 43.9 Å². The number of hydrogen-bond donors (Lipinski definition) is 0. The lowest BCUT2D eigenvalue weighted by Gasteiger charge is -2.34. The molecule has 8 heteroatoms. The fourth-order valence-corrected chi connectivity index (χ4v) is 3.31. The van der Waals surface area contributed by atoms with Crippen molar-refractivity contribution in [2.45, 2.75) is 4.90 Å². The fraction of sp³-hybridized carbons (Fsp3) is 0.333. The van der Waals surface area contributed by atoms with Crippen LogP contribution >= 0.6 is 11.8 Å². The van der Waals surface area contributed by atoms with Gasteiger partial charge in [0.05, 0.1) is 5.56 Å². The first-order chi connectivity index (χ1) is 12.7. The van der Waals surface area contributed by atoms with E-state index in [1.807, 2.05) is 23.3 Å². The number of hydrogen-bond acceptors (Lipinski definition) is 7. The maximum atomic E-state index is 12.3. The Bertz CT molecular complexity index is 764. The average molecular weight is 372 g/mol. The molecule has 136 valence electrons. The molecular formula is C18H20N4O3S. The predicted octanol–water partition coefficient (Wildman–Crippen LogP) is 1.70. The number of thioether (sulfide) groups is 1. The first-order valence-electron chi connectivity index (χ1n) is 8.29. The van der Waals surface area contributed by atoms with Gasteiger partial charge in [0.15, 0.2) is 6.61 Å². The van der Waals surface area contributed by atoms with Crippen LogP contribution in [0.15, 0.2) is 47.6 Å². The lowest BCUT2D eigenvalue weighted by atomic mass is 10.2. The van der Waals surface area contributed by atoms with Crippen LogP contribution in [0.3, 0.4) is 0 Å². The smallest absolute Gasteiger partial charge is 0.339 e. The SMILES string of the molecule is CSc1ccccc1C(=O)OCC(=O)N1CCN(c2ncccn2)CC1. The van der Waals surface area contributed by atoms with Gasteiger partial charge in [-0.05, 0) is 24.5 Å². The van der Waals surface area contributed by atoms with E-state index in [-0.39, 0.29) is 12.5 Å². The Morgan fingerprint density at radius 2 is 1.77 bits per heavy atom. The summed E-state index contributed by atoms with van der Waals surface area (Å²) < 4.78 is 5.22. The van der Waals surface area contributed by atoms with Gasteiger partial charge in [-0.1, -0.05) is 12.1 Å². The zero-order valence-corrected chi connectivity index (χ0v) is 15.3. The minimum atomic E-state index is -0.473. The zero-order chi connectivity index (χ0) is 18.4. The molecule has 1 aliphatic heterocycles. The molecular weight excluding hydrogens is 352 g/mol. The van der Waals surface area contributed by atoms with E-state index in [2.05, 4.69) is 9.97 Å². The highest BCUT2D eigenvalue weighted by Crippen LogP contribution is 2.20. The van der Waals surface area contributed by atoms with E-state index in [4.69, 9.17) is 4.74 Å². The summed E-state index contributed by atoms with van der Waals surface area (Å²) in [6.07, 6.45) is 5.30. The quantitative estimate of drug-likeness (QED) is 0.584. The van der Waals surface area contributed by atoms with Crippen molar-refractivity contribution < 1.29 is 14.3 Å². The maximum Gasteiger partial charge on any atom is 0.339 e. The summed E-state index contributed by atoms with van der Waals surface area (Å²) in [6, 6.07) is 8.98. The first-order valence-corrected chi connectivity index (χ1v) is 9.51. The molecule has 1 aliphatic rings. The van der Waals surface area contributed by atoms with Crippen LogP contribution < -0.4 is 4.90 Å². The van der Waals surface area contributed by atoms with Crippen molar-refractivity contribution in [3.63, 3.8) is 0 Å². The van der Waals surface area contributed by atoms with Gasteiger partial charge in [0, 0.05) is 43.5 Å². The number of piperazine rings is 1. The van der Waals surface area contributed by atoms with Gasteiger partial charge in [-0.3, -0.25) is 4.79 Å². The summed E-state index contributed by atoms with van der Waals surface area (Å²) in [5, 5.41) is 0. The highest BCUT2D eigenvalue weighted by Gasteiger charge is 2.23. The summed E-state index contributed by atoms with van der Waals surface area (Å²) in [7, 11) is 0. The van der Waals surface area contributed by atoms with Gasteiger partial charge in [0.2, 0.25) is 5.95 Å². The Hall–Kier alpha value is -2.61. The molecule has 1 saturated heterocycles.